The summed E-state index contributed by atoms with van der Waals surface area (Å²) in [7, 11) is 0. The second kappa shape index (κ2) is 3.32. The number of carbonyl (C=O) groups is 1. The molecule has 0 fully saturated rings. The Morgan fingerprint density at radius 1 is 1.75 bits per heavy atom. The third kappa shape index (κ3) is 1.43. The largest absolute Gasteiger partial charge is 0.477 e. The van der Waals surface area contributed by atoms with Crippen LogP contribution in [0.2, 0.25) is 0 Å². The van der Waals surface area contributed by atoms with Crippen molar-refractivity contribution in [2.24, 2.45) is 4.99 Å². The van der Waals surface area contributed by atoms with Crippen LogP contribution in [-0.2, 0) is 0 Å². The van der Waals surface area contributed by atoms with Crippen molar-refractivity contribution in [2.45, 2.75) is 0 Å². The molecule has 1 N–H and O–H groups in total. The van der Waals surface area contributed by atoms with Gasteiger partial charge in [-0.1, -0.05) is 6.58 Å². The van der Waals surface area contributed by atoms with Crippen molar-refractivity contribution in [3.63, 3.8) is 0 Å². The molecule has 0 saturated carbocycles. The van der Waals surface area contributed by atoms with Crippen molar-refractivity contribution in [2.75, 3.05) is 0 Å². The molecular formula is C8H7NO2S. The molecule has 1 heterocycles. The Balaban J connectivity index is 3.22. The Bertz CT molecular complexity index is 315. The molecule has 0 amide bonds. The lowest BCUT2D eigenvalue weighted by atomic mass is 10.3. The Morgan fingerprint density at radius 2 is 2.42 bits per heavy atom. The number of thiophene rings is 1. The highest BCUT2D eigenvalue weighted by Gasteiger charge is 2.10. The van der Waals surface area contributed by atoms with Crippen molar-refractivity contribution in [1.29, 1.82) is 0 Å². The fraction of sp³-hybridized carbons (Fsp3) is 0. The van der Waals surface area contributed by atoms with E-state index in [1.54, 1.807) is 6.08 Å². The summed E-state index contributed by atoms with van der Waals surface area (Å²) in [5.41, 5.74) is 0.576. The van der Waals surface area contributed by atoms with E-state index in [0.717, 1.165) is 16.2 Å². The smallest absolute Gasteiger partial charge is 0.345 e. The van der Waals surface area contributed by atoms with Gasteiger partial charge in [-0.05, 0) is 18.9 Å². The van der Waals surface area contributed by atoms with E-state index in [1.165, 1.54) is 6.07 Å². The van der Waals surface area contributed by atoms with Crippen LogP contribution in [0.25, 0.3) is 6.08 Å². The minimum atomic E-state index is -0.946. The molecule has 3 nitrogen and oxygen atoms in total. The molecule has 1 aromatic heterocycles. The van der Waals surface area contributed by atoms with E-state index in [-0.39, 0.29) is 4.88 Å². The number of carboxylic acids is 1. The molecule has 0 unspecified atom stereocenters. The number of hydrogen-bond acceptors (Lipinski definition) is 3. The summed E-state index contributed by atoms with van der Waals surface area (Å²) in [5.74, 6) is -0.946. The number of aliphatic imine (C=N–C) groups is 1. The first kappa shape index (κ1) is 8.67. The summed E-state index contributed by atoms with van der Waals surface area (Å²) in [6.45, 7) is 6.87. The standard InChI is InChI=1S/C8H7NO2S/c1-3-6-5(9-2)4-7(12-6)8(10)11/h3-4H,1-2H2,(H,10,11). The second-order valence-corrected chi connectivity index (χ2v) is 3.11. The molecule has 0 spiro atoms. The van der Waals surface area contributed by atoms with Crippen LogP contribution < -0.4 is 0 Å². The Morgan fingerprint density at radius 3 is 2.75 bits per heavy atom. The van der Waals surface area contributed by atoms with Gasteiger partial charge in [-0.2, -0.15) is 0 Å². The van der Waals surface area contributed by atoms with Gasteiger partial charge in [-0.3, -0.25) is 4.99 Å². The fourth-order valence-electron chi connectivity index (χ4n) is 0.771. The van der Waals surface area contributed by atoms with Crippen molar-refractivity contribution < 1.29 is 9.90 Å². The normalized spacial score (nSPS) is 9.33. The van der Waals surface area contributed by atoms with Crippen molar-refractivity contribution >= 4 is 35.8 Å². The average Bonchev–Trinajstić information content (AvgIpc) is 2.46. The van der Waals surface area contributed by atoms with Gasteiger partial charge in [0.1, 0.15) is 4.88 Å². The van der Waals surface area contributed by atoms with Crippen molar-refractivity contribution in [1.82, 2.24) is 0 Å². The van der Waals surface area contributed by atoms with Gasteiger partial charge in [-0.15, -0.1) is 11.3 Å². The first-order valence-electron chi connectivity index (χ1n) is 3.15. The third-order valence-electron chi connectivity index (χ3n) is 1.31. The molecule has 0 bridgehead atoms. The monoisotopic (exact) mass is 181 g/mol. The fourth-order valence-corrected chi connectivity index (χ4v) is 1.58. The maximum atomic E-state index is 10.5. The highest BCUT2D eigenvalue weighted by atomic mass is 32.1. The van der Waals surface area contributed by atoms with Crippen LogP contribution in [0.4, 0.5) is 5.69 Å². The highest BCUT2D eigenvalue weighted by Crippen LogP contribution is 2.29. The lowest BCUT2D eigenvalue weighted by Crippen LogP contribution is -1.89. The number of aromatic carboxylic acids is 1. The zero-order valence-electron chi connectivity index (χ0n) is 6.28. The molecule has 1 rings (SSSR count). The number of nitrogens with zero attached hydrogens (tertiary/aromatic N) is 1. The Kier molecular flexibility index (Phi) is 2.40. The molecule has 0 aliphatic carbocycles. The zero-order chi connectivity index (χ0) is 9.14. The maximum Gasteiger partial charge on any atom is 0.345 e. The van der Waals surface area contributed by atoms with Gasteiger partial charge in [0.05, 0.1) is 10.6 Å². The summed E-state index contributed by atoms with van der Waals surface area (Å²) < 4.78 is 0. The molecule has 0 aliphatic rings. The molecular weight excluding hydrogens is 174 g/mol. The molecule has 4 heteroatoms. The molecule has 1 aromatic rings. The maximum absolute atomic E-state index is 10.5. The van der Waals surface area contributed by atoms with Crippen LogP contribution in [0.3, 0.4) is 0 Å². The zero-order valence-corrected chi connectivity index (χ0v) is 7.10. The van der Waals surface area contributed by atoms with Gasteiger partial charge >= 0.3 is 5.97 Å². The van der Waals surface area contributed by atoms with Gasteiger partial charge in [0.15, 0.2) is 0 Å². The van der Waals surface area contributed by atoms with Gasteiger partial charge in [0.2, 0.25) is 0 Å². The van der Waals surface area contributed by atoms with Crippen molar-refractivity contribution in [3.05, 3.63) is 22.4 Å². The van der Waals surface area contributed by atoms with E-state index >= 15 is 0 Å². The van der Waals surface area contributed by atoms with Gasteiger partial charge in [0.25, 0.3) is 0 Å². The highest BCUT2D eigenvalue weighted by molar-refractivity contribution is 7.15. The molecule has 12 heavy (non-hydrogen) atoms. The van der Waals surface area contributed by atoms with E-state index in [2.05, 4.69) is 18.3 Å². The third-order valence-corrected chi connectivity index (χ3v) is 2.41. The van der Waals surface area contributed by atoms with Crippen LogP contribution >= 0.6 is 11.3 Å². The van der Waals surface area contributed by atoms with E-state index in [1.807, 2.05) is 0 Å². The molecule has 0 aromatic carbocycles. The first-order valence-corrected chi connectivity index (χ1v) is 3.97. The topological polar surface area (TPSA) is 49.7 Å². The van der Waals surface area contributed by atoms with Crippen LogP contribution in [0.15, 0.2) is 17.6 Å². The van der Waals surface area contributed by atoms with Gasteiger partial charge in [0, 0.05) is 0 Å². The quantitative estimate of drug-likeness (QED) is 0.728. The first-order chi connectivity index (χ1) is 5.69. The average molecular weight is 181 g/mol. The Labute approximate surface area is 73.7 Å². The van der Waals surface area contributed by atoms with Crippen LogP contribution in [0.1, 0.15) is 14.5 Å². The lowest BCUT2D eigenvalue weighted by Gasteiger charge is -1.84. The predicted molar refractivity (Wildman–Crippen MR) is 50.6 cm³/mol. The SMILES string of the molecule is C=Cc1sc(C(=O)O)cc1N=C. The summed E-state index contributed by atoms with van der Waals surface area (Å²) >= 11 is 1.14. The summed E-state index contributed by atoms with van der Waals surface area (Å²) in [6, 6.07) is 1.48. The molecule has 0 saturated heterocycles. The molecule has 0 radical (unpaired) electrons. The van der Waals surface area contributed by atoms with E-state index < -0.39 is 5.97 Å². The van der Waals surface area contributed by atoms with Gasteiger partial charge in [-0.25, -0.2) is 4.79 Å². The van der Waals surface area contributed by atoms with Crippen molar-refractivity contribution in [3.8, 4) is 0 Å². The minimum Gasteiger partial charge on any atom is -0.477 e. The summed E-state index contributed by atoms with van der Waals surface area (Å²) in [6.07, 6.45) is 1.57. The molecule has 0 atom stereocenters. The number of rotatable bonds is 3. The molecule has 62 valence electrons. The van der Waals surface area contributed by atoms with Crippen LogP contribution in [0.5, 0.6) is 0 Å². The van der Waals surface area contributed by atoms with Crippen LogP contribution in [-0.4, -0.2) is 17.8 Å². The lowest BCUT2D eigenvalue weighted by molar-refractivity contribution is 0.0702. The van der Waals surface area contributed by atoms with E-state index in [0.29, 0.717) is 5.69 Å². The summed E-state index contributed by atoms with van der Waals surface area (Å²) in [4.78, 5) is 15.2. The summed E-state index contributed by atoms with van der Waals surface area (Å²) in [5, 5.41) is 8.63. The van der Waals surface area contributed by atoms with E-state index in [9.17, 15) is 4.79 Å². The van der Waals surface area contributed by atoms with E-state index in [4.69, 9.17) is 5.11 Å². The Hall–Kier alpha value is -1.42. The molecule has 0 aliphatic heterocycles. The predicted octanol–water partition coefficient (Wildman–Crippen LogP) is 2.42. The minimum absolute atomic E-state index is 0.257. The number of carboxylic acid groups (broad SMARTS) is 1. The van der Waals surface area contributed by atoms with Crippen LogP contribution in [0, 0.1) is 0 Å². The number of hydrogen-bond donors (Lipinski definition) is 1. The second-order valence-electron chi connectivity index (χ2n) is 2.03. The van der Waals surface area contributed by atoms with Gasteiger partial charge < -0.3 is 5.11 Å².